The molecule has 0 radical (unpaired) electrons. The number of carbonyl (C=O) groups excluding carboxylic acids is 1. The van der Waals surface area contributed by atoms with E-state index in [9.17, 15) is 4.79 Å². The number of rotatable bonds is 3. The quantitative estimate of drug-likeness (QED) is 0.793. The van der Waals surface area contributed by atoms with Crippen LogP contribution in [0.3, 0.4) is 0 Å². The number of anilines is 1. The van der Waals surface area contributed by atoms with Gasteiger partial charge in [0.1, 0.15) is 5.69 Å². The van der Waals surface area contributed by atoms with Crippen LogP contribution >= 0.6 is 0 Å². The summed E-state index contributed by atoms with van der Waals surface area (Å²) in [4.78, 5) is 18.4. The molecule has 0 unspecified atom stereocenters. The summed E-state index contributed by atoms with van der Waals surface area (Å²) in [5, 5.41) is 0. The van der Waals surface area contributed by atoms with Crippen molar-refractivity contribution in [2.24, 2.45) is 7.05 Å². The highest BCUT2D eigenvalue weighted by Crippen LogP contribution is 2.36. The van der Waals surface area contributed by atoms with Crippen molar-refractivity contribution in [2.75, 3.05) is 11.9 Å². The van der Waals surface area contributed by atoms with Gasteiger partial charge in [0.05, 0.1) is 23.7 Å². The third-order valence-electron chi connectivity index (χ3n) is 5.45. The highest BCUT2D eigenvalue weighted by atomic mass is 16.7. The van der Waals surface area contributed by atoms with Gasteiger partial charge in [-0.3, -0.25) is 4.79 Å². The molecule has 0 saturated carbocycles. The minimum Gasteiger partial charge on any atom is -0.399 e. The highest BCUT2D eigenvalue weighted by molar-refractivity contribution is 6.62. The monoisotopic (exact) mass is 355 g/mol. The van der Waals surface area contributed by atoms with Crippen molar-refractivity contribution in [1.82, 2.24) is 9.55 Å². The average Bonchev–Trinajstić information content (AvgIpc) is 3.06. The molecule has 1 aliphatic rings. The predicted molar refractivity (Wildman–Crippen MR) is 103 cm³/mol. The number of aromatic nitrogens is 2. The first-order valence-corrected chi connectivity index (χ1v) is 8.74. The second-order valence-electron chi connectivity index (χ2n) is 7.89. The number of carbonyl (C=O) groups is 1. The molecular formula is C19H26BN3O3. The Morgan fingerprint density at radius 1 is 1.19 bits per heavy atom. The summed E-state index contributed by atoms with van der Waals surface area (Å²) in [5.74, 6) is -0.100. The zero-order valence-electron chi connectivity index (χ0n) is 16.5. The molecule has 26 heavy (non-hydrogen) atoms. The largest absolute Gasteiger partial charge is 0.494 e. The lowest BCUT2D eigenvalue weighted by Gasteiger charge is -2.32. The van der Waals surface area contributed by atoms with Gasteiger partial charge in [0, 0.05) is 19.8 Å². The van der Waals surface area contributed by atoms with E-state index in [0.717, 1.165) is 16.7 Å². The molecule has 1 saturated heterocycles. The van der Waals surface area contributed by atoms with Gasteiger partial charge in [0.2, 0.25) is 0 Å². The molecule has 1 aromatic heterocycles. The molecule has 3 rings (SSSR count). The molecule has 0 aliphatic carbocycles. The minimum absolute atomic E-state index is 0.100. The molecule has 6 nitrogen and oxygen atoms in total. The van der Waals surface area contributed by atoms with E-state index in [2.05, 4.69) is 4.98 Å². The zero-order valence-corrected chi connectivity index (χ0v) is 16.5. The molecule has 138 valence electrons. The Labute approximate surface area is 155 Å². The van der Waals surface area contributed by atoms with Crippen LogP contribution in [0.15, 0.2) is 30.7 Å². The second kappa shape index (κ2) is 6.25. The molecule has 1 fully saturated rings. The maximum absolute atomic E-state index is 12.7. The number of benzene rings is 1. The smallest absolute Gasteiger partial charge is 0.399 e. The van der Waals surface area contributed by atoms with E-state index in [1.54, 1.807) is 29.0 Å². The summed E-state index contributed by atoms with van der Waals surface area (Å²) in [5.41, 5.74) is 2.56. The van der Waals surface area contributed by atoms with E-state index in [1.807, 2.05) is 59.9 Å². The molecule has 1 aliphatic heterocycles. The molecular weight excluding hydrogens is 329 g/mol. The lowest BCUT2D eigenvalue weighted by Crippen LogP contribution is -2.41. The van der Waals surface area contributed by atoms with E-state index in [-0.39, 0.29) is 17.1 Å². The van der Waals surface area contributed by atoms with Gasteiger partial charge in [0.15, 0.2) is 0 Å². The zero-order chi connectivity index (χ0) is 19.3. The van der Waals surface area contributed by atoms with Gasteiger partial charge in [0.25, 0.3) is 5.91 Å². The summed E-state index contributed by atoms with van der Waals surface area (Å²) in [6.07, 6.45) is 3.20. The molecule has 2 aromatic rings. The standard InChI is InChI=1S/C19H26BN3O3/c1-13-10-14(20-25-18(2,3)19(4,5)26-20)8-9-15(13)23(7)17(24)16-11-21-12-22(16)6/h8-12H,1-7H3. The third-order valence-corrected chi connectivity index (χ3v) is 5.45. The van der Waals surface area contributed by atoms with Crippen molar-refractivity contribution in [3.05, 3.63) is 42.0 Å². The van der Waals surface area contributed by atoms with Crippen LogP contribution in [0.5, 0.6) is 0 Å². The maximum atomic E-state index is 12.7. The van der Waals surface area contributed by atoms with Gasteiger partial charge in [-0.25, -0.2) is 4.98 Å². The Balaban J connectivity index is 1.85. The van der Waals surface area contributed by atoms with Crippen molar-refractivity contribution in [2.45, 2.75) is 45.8 Å². The topological polar surface area (TPSA) is 56.6 Å². The molecule has 1 amide bonds. The van der Waals surface area contributed by atoms with E-state index in [1.165, 1.54) is 0 Å². The van der Waals surface area contributed by atoms with Crippen molar-refractivity contribution in [1.29, 1.82) is 0 Å². The normalized spacial score (nSPS) is 18.2. The fraction of sp³-hybridized carbons (Fsp3) is 0.474. The van der Waals surface area contributed by atoms with Crippen LogP contribution in [-0.4, -0.2) is 40.8 Å². The van der Waals surface area contributed by atoms with Gasteiger partial charge >= 0.3 is 7.12 Å². The molecule has 0 bridgehead atoms. The highest BCUT2D eigenvalue weighted by Gasteiger charge is 2.51. The summed E-state index contributed by atoms with van der Waals surface area (Å²) in [7, 11) is 3.17. The van der Waals surface area contributed by atoms with Crippen LogP contribution in [0.2, 0.25) is 0 Å². The van der Waals surface area contributed by atoms with Crippen LogP contribution in [0.1, 0.15) is 43.7 Å². The Morgan fingerprint density at radius 2 is 1.81 bits per heavy atom. The van der Waals surface area contributed by atoms with Crippen molar-refractivity contribution >= 4 is 24.2 Å². The fourth-order valence-electron chi connectivity index (χ4n) is 3.03. The average molecular weight is 355 g/mol. The first kappa shape index (κ1) is 18.7. The van der Waals surface area contributed by atoms with Gasteiger partial charge in [-0.1, -0.05) is 12.1 Å². The third kappa shape index (κ3) is 3.06. The van der Waals surface area contributed by atoms with Crippen molar-refractivity contribution in [3.8, 4) is 0 Å². The van der Waals surface area contributed by atoms with Gasteiger partial charge in [-0.05, 0) is 51.7 Å². The van der Waals surface area contributed by atoms with E-state index < -0.39 is 7.12 Å². The van der Waals surface area contributed by atoms with Gasteiger partial charge < -0.3 is 18.8 Å². The lowest BCUT2D eigenvalue weighted by molar-refractivity contribution is 0.00578. The van der Waals surface area contributed by atoms with E-state index >= 15 is 0 Å². The van der Waals surface area contributed by atoms with Crippen molar-refractivity contribution in [3.63, 3.8) is 0 Å². The molecule has 0 spiro atoms. The van der Waals surface area contributed by atoms with E-state index in [4.69, 9.17) is 9.31 Å². The summed E-state index contributed by atoms with van der Waals surface area (Å²) in [6.45, 7) is 10.1. The number of hydrogen-bond donors (Lipinski definition) is 0. The Bertz CT molecular complexity index is 828. The summed E-state index contributed by atoms with van der Waals surface area (Å²) >= 11 is 0. The number of amides is 1. The molecule has 0 atom stereocenters. The molecule has 7 heteroatoms. The van der Waals surface area contributed by atoms with E-state index in [0.29, 0.717) is 5.69 Å². The molecule has 1 aromatic carbocycles. The SMILES string of the molecule is Cc1cc(B2OC(C)(C)C(C)(C)O2)ccc1N(C)C(=O)c1cncn1C. The number of nitrogens with zero attached hydrogens (tertiary/aromatic N) is 3. The van der Waals surface area contributed by atoms with Crippen LogP contribution in [-0.2, 0) is 16.4 Å². The Kier molecular flexibility index (Phi) is 4.49. The number of imidazole rings is 1. The second-order valence-corrected chi connectivity index (χ2v) is 7.89. The Hall–Kier alpha value is -2.12. The van der Waals surface area contributed by atoms with Crippen LogP contribution in [0.4, 0.5) is 5.69 Å². The summed E-state index contributed by atoms with van der Waals surface area (Å²) in [6, 6.07) is 5.91. The van der Waals surface area contributed by atoms with Crippen LogP contribution in [0, 0.1) is 6.92 Å². The van der Waals surface area contributed by atoms with Gasteiger partial charge in [-0.15, -0.1) is 0 Å². The maximum Gasteiger partial charge on any atom is 0.494 e. The fourth-order valence-corrected chi connectivity index (χ4v) is 3.03. The predicted octanol–water partition coefficient (Wildman–Crippen LogP) is 2.30. The van der Waals surface area contributed by atoms with Gasteiger partial charge in [-0.2, -0.15) is 0 Å². The van der Waals surface area contributed by atoms with Crippen LogP contribution < -0.4 is 10.4 Å². The lowest BCUT2D eigenvalue weighted by atomic mass is 9.78. The molecule has 2 heterocycles. The number of aryl methyl sites for hydroxylation is 2. The summed E-state index contributed by atoms with van der Waals surface area (Å²) < 4.78 is 13.9. The first-order chi connectivity index (χ1) is 12.0. The molecule has 0 N–H and O–H groups in total. The first-order valence-electron chi connectivity index (χ1n) is 8.74. The Morgan fingerprint density at radius 3 is 2.31 bits per heavy atom. The van der Waals surface area contributed by atoms with Crippen molar-refractivity contribution < 1.29 is 14.1 Å². The number of hydrogen-bond acceptors (Lipinski definition) is 4. The minimum atomic E-state index is -0.411. The van der Waals surface area contributed by atoms with Crippen LogP contribution in [0.25, 0.3) is 0 Å².